The van der Waals surface area contributed by atoms with E-state index >= 15 is 0 Å². The average Bonchev–Trinajstić information content (AvgIpc) is 3.59. The molecular formula is C25H35N5O2. The van der Waals surface area contributed by atoms with Gasteiger partial charge >= 0.3 is 0 Å². The predicted octanol–water partition coefficient (Wildman–Crippen LogP) is 2.56. The first-order valence-corrected chi connectivity index (χ1v) is 12.3. The van der Waals surface area contributed by atoms with Crippen LogP contribution >= 0.6 is 0 Å². The maximum Gasteiger partial charge on any atom is 0.224 e. The molecule has 1 unspecified atom stereocenters. The van der Waals surface area contributed by atoms with Gasteiger partial charge in [-0.1, -0.05) is 24.3 Å². The molecule has 3 heterocycles. The van der Waals surface area contributed by atoms with Crippen LogP contribution in [0.4, 0.5) is 0 Å². The van der Waals surface area contributed by atoms with E-state index in [0.29, 0.717) is 24.9 Å². The fourth-order valence-corrected chi connectivity index (χ4v) is 5.63. The van der Waals surface area contributed by atoms with Gasteiger partial charge in [-0.3, -0.25) is 14.4 Å². The number of carbonyl (C=O) groups excluding carboxylic acids is 1. The fourth-order valence-electron chi connectivity index (χ4n) is 5.63. The predicted molar refractivity (Wildman–Crippen MR) is 122 cm³/mol. The number of aryl methyl sites for hydroxylation is 1. The summed E-state index contributed by atoms with van der Waals surface area (Å²) in [5.41, 5.74) is 3.06. The molecule has 2 saturated heterocycles. The Balaban J connectivity index is 1.13. The minimum absolute atomic E-state index is 0.197. The monoisotopic (exact) mass is 437 g/mol. The highest BCUT2D eigenvalue weighted by molar-refractivity contribution is 5.76. The number of benzene rings is 1. The Bertz CT molecular complexity index is 847. The lowest BCUT2D eigenvalue weighted by atomic mass is 9.94. The maximum absolute atomic E-state index is 13.1. The largest absolute Gasteiger partial charge is 0.376 e. The van der Waals surface area contributed by atoms with Gasteiger partial charge in [-0.25, -0.2) is 4.98 Å². The SMILES string of the molecule is O=C(CCn1cncn1)N(CC1CCN(C2Cc3ccccc3C2)CC1)CC1CCCO1. The van der Waals surface area contributed by atoms with Crippen molar-refractivity contribution in [2.75, 3.05) is 32.8 Å². The van der Waals surface area contributed by atoms with Crippen LogP contribution in [0.5, 0.6) is 0 Å². The van der Waals surface area contributed by atoms with Crippen LogP contribution in [0.1, 0.15) is 43.2 Å². The Morgan fingerprint density at radius 1 is 1.09 bits per heavy atom. The maximum atomic E-state index is 13.1. The third-order valence-corrected chi connectivity index (χ3v) is 7.50. The number of hydrogen-bond acceptors (Lipinski definition) is 5. The molecule has 0 radical (unpaired) electrons. The summed E-state index contributed by atoms with van der Waals surface area (Å²) in [4.78, 5) is 21.8. The van der Waals surface area contributed by atoms with Gasteiger partial charge in [-0.2, -0.15) is 5.10 Å². The van der Waals surface area contributed by atoms with E-state index in [0.717, 1.165) is 45.6 Å². The zero-order chi connectivity index (χ0) is 21.8. The van der Waals surface area contributed by atoms with Crippen molar-refractivity contribution in [3.8, 4) is 0 Å². The summed E-state index contributed by atoms with van der Waals surface area (Å²) in [6.07, 6.45) is 10.7. The Labute approximate surface area is 190 Å². The number of aromatic nitrogens is 3. The lowest BCUT2D eigenvalue weighted by Crippen LogP contribution is -2.46. The summed E-state index contributed by atoms with van der Waals surface area (Å²) in [5.74, 6) is 0.788. The summed E-state index contributed by atoms with van der Waals surface area (Å²) >= 11 is 0. The number of piperidine rings is 1. The first-order valence-electron chi connectivity index (χ1n) is 12.3. The van der Waals surface area contributed by atoms with E-state index < -0.39 is 0 Å². The molecule has 1 aromatic heterocycles. The van der Waals surface area contributed by atoms with E-state index in [1.54, 1.807) is 11.0 Å². The normalized spacial score (nSPS) is 22.3. The number of hydrogen-bond donors (Lipinski definition) is 0. The highest BCUT2D eigenvalue weighted by Gasteiger charge is 2.31. The second-order valence-corrected chi connectivity index (χ2v) is 9.65. The molecule has 3 aliphatic rings. The highest BCUT2D eigenvalue weighted by atomic mass is 16.5. The second-order valence-electron chi connectivity index (χ2n) is 9.65. The number of ether oxygens (including phenoxy) is 1. The van der Waals surface area contributed by atoms with Crippen molar-refractivity contribution in [2.45, 2.75) is 63.6 Å². The molecule has 2 aliphatic heterocycles. The zero-order valence-corrected chi connectivity index (χ0v) is 18.9. The summed E-state index contributed by atoms with van der Waals surface area (Å²) in [5, 5.41) is 4.13. The van der Waals surface area contributed by atoms with E-state index in [1.165, 1.54) is 43.1 Å². The van der Waals surface area contributed by atoms with Gasteiger partial charge in [-0.15, -0.1) is 0 Å². The molecule has 0 spiro atoms. The number of rotatable bonds is 8. The molecule has 1 aromatic carbocycles. The van der Waals surface area contributed by atoms with Gasteiger partial charge in [0.2, 0.25) is 5.91 Å². The van der Waals surface area contributed by atoms with Crippen molar-refractivity contribution in [3.05, 3.63) is 48.0 Å². The molecular weight excluding hydrogens is 402 g/mol. The van der Waals surface area contributed by atoms with Crippen molar-refractivity contribution >= 4 is 5.91 Å². The van der Waals surface area contributed by atoms with Crippen LogP contribution in [0.15, 0.2) is 36.9 Å². The van der Waals surface area contributed by atoms with E-state index in [9.17, 15) is 4.79 Å². The number of fused-ring (bicyclic) bond motifs is 1. The summed E-state index contributed by atoms with van der Waals surface area (Å²) < 4.78 is 7.60. The van der Waals surface area contributed by atoms with E-state index in [2.05, 4.69) is 44.1 Å². The minimum atomic E-state index is 0.197. The molecule has 0 saturated carbocycles. The van der Waals surface area contributed by atoms with Crippen LogP contribution < -0.4 is 0 Å². The van der Waals surface area contributed by atoms with Gasteiger partial charge in [-0.05, 0) is 68.7 Å². The lowest BCUT2D eigenvalue weighted by molar-refractivity contribution is -0.134. The fraction of sp³-hybridized carbons (Fsp3) is 0.640. The van der Waals surface area contributed by atoms with Crippen molar-refractivity contribution in [3.63, 3.8) is 0 Å². The van der Waals surface area contributed by atoms with Gasteiger partial charge in [0.15, 0.2) is 0 Å². The van der Waals surface area contributed by atoms with Crippen LogP contribution in [0, 0.1) is 5.92 Å². The lowest BCUT2D eigenvalue weighted by Gasteiger charge is -2.38. The van der Waals surface area contributed by atoms with Crippen molar-refractivity contribution in [2.24, 2.45) is 5.92 Å². The number of likely N-dealkylation sites (tertiary alicyclic amines) is 1. The first-order chi connectivity index (χ1) is 15.7. The van der Waals surface area contributed by atoms with Gasteiger partial charge in [0.25, 0.3) is 0 Å². The molecule has 1 atom stereocenters. The number of amides is 1. The molecule has 7 nitrogen and oxygen atoms in total. The second kappa shape index (κ2) is 10.1. The van der Waals surface area contributed by atoms with Gasteiger partial charge in [0.1, 0.15) is 12.7 Å². The van der Waals surface area contributed by atoms with Gasteiger partial charge in [0.05, 0.1) is 12.6 Å². The molecule has 0 N–H and O–H groups in total. The minimum Gasteiger partial charge on any atom is -0.376 e. The van der Waals surface area contributed by atoms with Crippen molar-refractivity contribution < 1.29 is 9.53 Å². The molecule has 5 rings (SSSR count). The van der Waals surface area contributed by atoms with Crippen LogP contribution in [-0.4, -0.2) is 75.4 Å². The molecule has 2 fully saturated rings. The van der Waals surface area contributed by atoms with Crippen molar-refractivity contribution in [1.29, 1.82) is 0 Å². The smallest absolute Gasteiger partial charge is 0.224 e. The Hall–Kier alpha value is -2.25. The topological polar surface area (TPSA) is 63.5 Å². The Morgan fingerprint density at radius 3 is 2.53 bits per heavy atom. The summed E-state index contributed by atoms with van der Waals surface area (Å²) in [7, 11) is 0. The average molecular weight is 438 g/mol. The third kappa shape index (κ3) is 5.21. The van der Waals surface area contributed by atoms with Gasteiger partial charge in [0, 0.05) is 32.2 Å². The molecule has 0 bridgehead atoms. The molecule has 172 valence electrons. The first kappa shape index (κ1) is 21.6. The summed E-state index contributed by atoms with van der Waals surface area (Å²) in [6.45, 7) is 5.28. The number of carbonyl (C=O) groups is 1. The quantitative estimate of drug-likeness (QED) is 0.635. The molecule has 2 aromatic rings. The highest BCUT2D eigenvalue weighted by Crippen LogP contribution is 2.29. The Kier molecular flexibility index (Phi) is 6.83. The van der Waals surface area contributed by atoms with Crippen LogP contribution in [0.2, 0.25) is 0 Å². The third-order valence-electron chi connectivity index (χ3n) is 7.50. The van der Waals surface area contributed by atoms with E-state index in [4.69, 9.17) is 4.74 Å². The van der Waals surface area contributed by atoms with E-state index in [1.807, 2.05) is 0 Å². The van der Waals surface area contributed by atoms with Crippen LogP contribution in [0.3, 0.4) is 0 Å². The molecule has 7 heteroatoms. The molecule has 1 amide bonds. The Morgan fingerprint density at radius 2 is 1.88 bits per heavy atom. The zero-order valence-electron chi connectivity index (χ0n) is 18.9. The van der Waals surface area contributed by atoms with Gasteiger partial charge < -0.3 is 9.64 Å². The van der Waals surface area contributed by atoms with Crippen molar-refractivity contribution in [1.82, 2.24) is 24.6 Å². The van der Waals surface area contributed by atoms with Crippen LogP contribution in [-0.2, 0) is 28.9 Å². The standard InChI is InChI=1S/C25H35N5O2/c31-25(9-12-30-19-26-18-27-30)29(17-24-6-3-13-32-24)16-20-7-10-28(11-8-20)23-14-21-4-1-2-5-22(21)15-23/h1-2,4-5,18-20,23-24H,3,6-17H2. The number of nitrogens with zero attached hydrogens (tertiary/aromatic N) is 5. The summed E-state index contributed by atoms with van der Waals surface area (Å²) in [6, 6.07) is 9.55. The molecule has 32 heavy (non-hydrogen) atoms. The van der Waals surface area contributed by atoms with Crippen LogP contribution in [0.25, 0.3) is 0 Å². The van der Waals surface area contributed by atoms with E-state index in [-0.39, 0.29) is 12.0 Å². The molecule has 1 aliphatic carbocycles.